The van der Waals surface area contributed by atoms with E-state index < -0.39 is 20.0 Å². The summed E-state index contributed by atoms with van der Waals surface area (Å²) in [5, 5.41) is 9.83. The summed E-state index contributed by atoms with van der Waals surface area (Å²) in [5.74, 6) is 4.25. The second-order valence-electron chi connectivity index (χ2n) is 9.18. The molecule has 0 aliphatic carbocycles. The summed E-state index contributed by atoms with van der Waals surface area (Å²) in [6.45, 7) is 6.84. The smallest absolute Gasteiger partial charge is 0.291 e. The highest BCUT2D eigenvalue weighted by molar-refractivity contribution is 7.80. The third kappa shape index (κ3) is 5.71. The number of nitrogens with one attached hydrogen (secondary N) is 2. The standard InChI is InChI=1S/C25H27N5O2SSi/c1-30-20-14-18(12-13-34(2,3)4)10-11-21(20)32-16-19(25(30)33)26-24(31)23-27-22(28-29-23)15-17-8-6-5-7-9-17/h5-11,14,19H,15-16H2,1-4H3,(H,26,31)(H,27,28,29)/t19-/m0/s1. The van der Waals surface area contributed by atoms with Crippen molar-refractivity contribution in [1.82, 2.24) is 20.5 Å². The first-order valence-electron chi connectivity index (χ1n) is 11.0. The summed E-state index contributed by atoms with van der Waals surface area (Å²) in [4.78, 5) is 19.6. The molecule has 7 nitrogen and oxygen atoms in total. The maximum Gasteiger partial charge on any atom is 0.291 e. The molecule has 1 atom stereocenters. The molecule has 0 radical (unpaired) electrons. The largest absolute Gasteiger partial charge is 0.489 e. The van der Waals surface area contributed by atoms with Crippen LogP contribution in [-0.2, 0) is 6.42 Å². The first-order chi connectivity index (χ1) is 16.2. The van der Waals surface area contributed by atoms with Gasteiger partial charge in [-0.05, 0) is 23.8 Å². The molecule has 0 fully saturated rings. The molecular weight excluding hydrogens is 462 g/mol. The van der Waals surface area contributed by atoms with Crippen molar-refractivity contribution in [2.24, 2.45) is 0 Å². The third-order valence-electron chi connectivity index (χ3n) is 5.19. The van der Waals surface area contributed by atoms with Crippen LogP contribution in [0, 0.1) is 11.5 Å². The molecule has 1 aromatic heterocycles. The Labute approximate surface area is 205 Å². The van der Waals surface area contributed by atoms with E-state index in [0.29, 0.717) is 23.0 Å². The molecule has 1 aliphatic rings. The topological polar surface area (TPSA) is 83.1 Å². The number of carbonyl (C=O) groups is 1. The van der Waals surface area contributed by atoms with Gasteiger partial charge in [0.1, 0.15) is 37.3 Å². The van der Waals surface area contributed by atoms with Crippen molar-refractivity contribution in [1.29, 1.82) is 0 Å². The Morgan fingerprint density at radius 3 is 2.76 bits per heavy atom. The number of hydrogen-bond donors (Lipinski definition) is 2. The molecule has 1 amide bonds. The molecule has 3 aromatic rings. The number of nitrogens with zero attached hydrogens (tertiary/aromatic N) is 3. The van der Waals surface area contributed by atoms with Crippen molar-refractivity contribution in [3.8, 4) is 17.2 Å². The lowest BCUT2D eigenvalue weighted by Gasteiger charge is -2.23. The summed E-state index contributed by atoms with van der Waals surface area (Å²) in [7, 11) is 0.379. The first-order valence-corrected chi connectivity index (χ1v) is 14.9. The summed E-state index contributed by atoms with van der Waals surface area (Å²) in [5.41, 5.74) is 6.20. The van der Waals surface area contributed by atoms with Gasteiger partial charge in [-0.15, -0.1) is 10.6 Å². The normalized spacial score (nSPS) is 15.5. The number of aromatic nitrogens is 3. The van der Waals surface area contributed by atoms with E-state index in [0.717, 1.165) is 16.8 Å². The lowest BCUT2D eigenvalue weighted by atomic mass is 10.1. The van der Waals surface area contributed by atoms with Crippen LogP contribution in [0.25, 0.3) is 0 Å². The number of ether oxygens (including phenoxy) is 1. The van der Waals surface area contributed by atoms with Crippen LogP contribution in [0.5, 0.6) is 5.75 Å². The number of benzene rings is 2. The van der Waals surface area contributed by atoms with Crippen LogP contribution < -0.4 is 15.0 Å². The molecule has 0 saturated heterocycles. The number of likely N-dealkylation sites (N-methyl/N-ethyl adjacent to an activating group) is 1. The highest BCUT2D eigenvalue weighted by Gasteiger charge is 2.29. The number of rotatable bonds is 4. The van der Waals surface area contributed by atoms with Crippen molar-refractivity contribution in [3.63, 3.8) is 0 Å². The highest BCUT2D eigenvalue weighted by atomic mass is 32.1. The monoisotopic (exact) mass is 489 g/mol. The maximum atomic E-state index is 12.8. The second kappa shape index (κ2) is 9.79. The minimum absolute atomic E-state index is 0.0713. The number of anilines is 1. The van der Waals surface area contributed by atoms with E-state index in [1.807, 2.05) is 60.5 Å². The predicted molar refractivity (Wildman–Crippen MR) is 140 cm³/mol. The van der Waals surface area contributed by atoms with E-state index in [1.165, 1.54) is 0 Å². The van der Waals surface area contributed by atoms with Gasteiger partial charge < -0.3 is 15.0 Å². The Hall–Kier alpha value is -3.48. The second-order valence-corrected chi connectivity index (χ2v) is 14.4. The number of H-pyrrole nitrogens is 1. The van der Waals surface area contributed by atoms with E-state index >= 15 is 0 Å². The van der Waals surface area contributed by atoms with E-state index in [-0.39, 0.29) is 12.4 Å². The molecule has 4 rings (SSSR count). The molecule has 0 bridgehead atoms. The number of thiocarbonyl (C=S) groups is 1. The average Bonchev–Trinajstić information content (AvgIpc) is 3.24. The minimum Gasteiger partial charge on any atom is -0.489 e. The zero-order valence-electron chi connectivity index (χ0n) is 19.7. The number of amides is 1. The van der Waals surface area contributed by atoms with Crippen molar-refractivity contribution in [2.45, 2.75) is 32.1 Å². The summed E-state index contributed by atoms with van der Waals surface area (Å²) in [6, 6.07) is 15.2. The van der Waals surface area contributed by atoms with E-state index in [2.05, 4.69) is 51.6 Å². The third-order valence-corrected chi connectivity index (χ3v) is 6.62. The van der Waals surface area contributed by atoms with Crippen molar-refractivity contribution in [2.75, 3.05) is 18.6 Å². The quantitative estimate of drug-likeness (QED) is 0.331. The summed E-state index contributed by atoms with van der Waals surface area (Å²) >= 11 is 5.69. The Morgan fingerprint density at radius 2 is 2.03 bits per heavy atom. The van der Waals surface area contributed by atoms with E-state index in [1.54, 1.807) is 0 Å². The zero-order chi connectivity index (χ0) is 24.3. The van der Waals surface area contributed by atoms with Crippen LogP contribution in [0.4, 0.5) is 5.69 Å². The molecular formula is C25H27N5O2SSi. The van der Waals surface area contributed by atoms with Crippen molar-refractivity contribution >= 4 is 36.9 Å². The summed E-state index contributed by atoms with van der Waals surface area (Å²) in [6.07, 6.45) is 0.563. The molecule has 0 unspecified atom stereocenters. The van der Waals surface area contributed by atoms with Crippen molar-refractivity contribution in [3.05, 3.63) is 71.3 Å². The molecule has 174 valence electrons. The van der Waals surface area contributed by atoms with E-state index in [9.17, 15) is 4.79 Å². The van der Waals surface area contributed by atoms with Gasteiger partial charge in [0.2, 0.25) is 5.82 Å². The molecule has 9 heteroatoms. The van der Waals surface area contributed by atoms with Crippen LogP contribution in [0.2, 0.25) is 19.6 Å². The van der Waals surface area contributed by atoms with Gasteiger partial charge >= 0.3 is 0 Å². The molecule has 34 heavy (non-hydrogen) atoms. The molecule has 0 spiro atoms. The van der Waals surface area contributed by atoms with Gasteiger partial charge in [0.05, 0.1) is 5.69 Å². The van der Waals surface area contributed by atoms with Crippen LogP contribution in [0.1, 0.15) is 27.6 Å². The number of aromatic amines is 1. The van der Waals surface area contributed by atoms with Gasteiger partial charge in [-0.3, -0.25) is 9.89 Å². The van der Waals surface area contributed by atoms with Gasteiger partial charge in [0.25, 0.3) is 5.91 Å². The molecule has 2 aromatic carbocycles. The minimum atomic E-state index is -1.49. The summed E-state index contributed by atoms with van der Waals surface area (Å²) < 4.78 is 5.99. The molecule has 2 heterocycles. The number of fused-ring (bicyclic) bond motifs is 1. The van der Waals surface area contributed by atoms with Crippen LogP contribution in [0.15, 0.2) is 48.5 Å². The molecule has 0 saturated carbocycles. The van der Waals surface area contributed by atoms with Gasteiger partial charge in [-0.2, -0.15) is 0 Å². The van der Waals surface area contributed by atoms with Gasteiger partial charge in [0.15, 0.2) is 0 Å². The fourth-order valence-electron chi connectivity index (χ4n) is 3.43. The highest BCUT2D eigenvalue weighted by Crippen LogP contribution is 2.32. The predicted octanol–water partition coefficient (Wildman–Crippen LogP) is 3.58. The zero-order valence-corrected chi connectivity index (χ0v) is 21.5. The number of hydrogen-bond acceptors (Lipinski definition) is 5. The SMILES string of the molecule is CN1C(=S)[C@@H](NC(=O)c2n[nH]c(Cc3ccccc3)n2)COc2ccc(C#C[Si](C)(C)C)cc21. The van der Waals surface area contributed by atoms with Gasteiger partial charge in [-0.1, -0.05) is 68.1 Å². The Balaban J connectivity index is 1.46. The van der Waals surface area contributed by atoms with Crippen molar-refractivity contribution < 1.29 is 9.53 Å². The fraction of sp³-hybridized carbons (Fsp3) is 0.280. The Kier molecular flexibility index (Phi) is 6.81. The lowest BCUT2D eigenvalue weighted by Crippen LogP contribution is -2.48. The fourth-order valence-corrected chi connectivity index (χ4v) is 4.17. The van der Waals surface area contributed by atoms with Gasteiger partial charge in [0, 0.05) is 19.0 Å². The van der Waals surface area contributed by atoms with Crippen LogP contribution >= 0.6 is 12.2 Å². The van der Waals surface area contributed by atoms with E-state index in [4.69, 9.17) is 17.0 Å². The number of carbonyl (C=O) groups excluding carboxylic acids is 1. The average molecular weight is 490 g/mol. The Bertz CT molecular complexity index is 1270. The van der Waals surface area contributed by atoms with Crippen LogP contribution in [-0.4, -0.2) is 53.8 Å². The van der Waals surface area contributed by atoms with Crippen LogP contribution in [0.3, 0.4) is 0 Å². The molecule has 1 aliphatic heterocycles. The van der Waals surface area contributed by atoms with Gasteiger partial charge in [-0.25, -0.2) is 4.98 Å². The first kappa shape index (κ1) is 23.7. The Morgan fingerprint density at radius 1 is 1.26 bits per heavy atom. The lowest BCUT2D eigenvalue weighted by molar-refractivity contribution is 0.0927. The maximum absolute atomic E-state index is 12.8. The molecule has 2 N–H and O–H groups in total.